The van der Waals surface area contributed by atoms with Crippen molar-refractivity contribution in [2.24, 2.45) is 0 Å². The summed E-state index contributed by atoms with van der Waals surface area (Å²) < 4.78 is 0. The molecule has 1 heteroatoms. The van der Waals surface area contributed by atoms with Crippen LogP contribution in [0.5, 0.6) is 0 Å². The van der Waals surface area contributed by atoms with Gasteiger partial charge >= 0.3 is 0 Å². The quantitative estimate of drug-likeness (QED) is 0.621. The molecule has 0 amide bonds. The second kappa shape index (κ2) is 2.16. The summed E-state index contributed by atoms with van der Waals surface area (Å²) in [6.45, 7) is 4.69. The highest BCUT2D eigenvalue weighted by Gasteiger charge is 2.55. The molecule has 0 atom stereocenters. The summed E-state index contributed by atoms with van der Waals surface area (Å²) in [6, 6.07) is 6.41. The summed E-state index contributed by atoms with van der Waals surface area (Å²) in [4.78, 5) is 0. The van der Waals surface area contributed by atoms with Crippen LogP contribution in [0.2, 0.25) is 0 Å². The van der Waals surface area contributed by atoms with E-state index in [-0.39, 0.29) is 0 Å². The van der Waals surface area contributed by atoms with Gasteiger partial charge in [-0.25, -0.2) is 0 Å². The summed E-state index contributed by atoms with van der Waals surface area (Å²) >= 11 is 0. The molecule has 2 aliphatic rings. The van der Waals surface area contributed by atoms with E-state index >= 15 is 0 Å². The third-order valence-corrected chi connectivity index (χ3v) is 3.99. The molecule has 2 aliphatic carbocycles. The molecule has 14 heavy (non-hydrogen) atoms. The number of anilines is 1. The fourth-order valence-corrected chi connectivity index (χ4v) is 3.33. The topological polar surface area (TPSA) is 26.0 Å². The minimum atomic E-state index is 0.335. The molecular formula is C13H17N. The molecule has 3 rings (SSSR count). The third-order valence-electron chi connectivity index (χ3n) is 3.99. The van der Waals surface area contributed by atoms with E-state index in [0.29, 0.717) is 10.8 Å². The van der Waals surface area contributed by atoms with Crippen LogP contribution in [0, 0.1) is 0 Å². The van der Waals surface area contributed by atoms with Crippen molar-refractivity contribution in [2.75, 3.05) is 5.73 Å². The van der Waals surface area contributed by atoms with Gasteiger partial charge < -0.3 is 5.73 Å². The number of rotatable bonds is 0. The molecule has 0 aromatic heterocycles. The molecule has 2 N–H and O–H groups in total. The van der Waals surface area contributed by atoms with Gasteiger partial charge in [-0.3, -0.25) is 0 Å². The number of nitrogen functional groups attached to an aromatic ring is 1. The Balaban J connectivity index is 2.29. The van der Waals surface area contributed by atoms with Crippen LogP contribution in [0.4, 0.5) is 5.69 Å². The highest BCUT2D eigenvalue weighted by Crippen LogP contribution is 2.63. The maximum absolute atomic E-state index is 6.11. The molecule has 1 aromatic carbocycles. The SMILES string of the molecule is CC1(C)CC2(CC2)c2c(N)cccc21. The van der Waals surface area contributed by atoms with Crippen molar-refractivity contribution in [3.05, 3.63) is 29.3 Å². The van der Waals surface area contributed by atoms with Crippen LogP contribution in [0.1, 0.15) is 44.2 Å². The molecule has 74 valence electrons. The first kappa shape index (κ1) is 8.34. The average Bonchev–Trinajstić information content (AvgIpc) is 2.78. The fraction of sp³-hybridized carbons (Fsp3) is 0.538. The summed E-state index contributed by atoms with van der Waals surface area (Å²) in [5, 5.41) is 0. The fourth-order valence-electron chi connectivity index (χ4n) is 3.33. The van der Waals surface area contributed by atoms with Crippen LogP contribution < -0.4 is 5.73 Å². The van der Waals surface area contributed by atoms with E-state index in [9.17, 15) is 0 Å². The molecule has 0 bridgehead atoms. The van der Waals surface area contributed by atoms with E-state index in [1.54, 1.807) is 0 Å². The third kappa shape index (κ3) is 0.853. The van der Waals surface area contributed by atoms with Gasteiger partial charge in [0.2, 0.25) is 0 Å². The molecule has 0 aliphatic heterocycles. The molecular weight excluding hydrogens is 170 g/mol. The highest BCUT2D eigenvalue weighted by molar-refractivity contribution is 5.62. The number of benzene rings is 1. The van der Waals surface area contributed by atoms with E-state index in [1.807, 2.05) is 0 Å². The molecule has 0 saturated heterocycles. The van der Waals surface area contributed by atoms with Crippen LogP contribution in [-0.2, 0) is 10.8 Å². The van der Waals surface area contributed by atoms with Crippen molar-refractivity contribution < 1.29 is 0 Å². The zero-order chi connectivity index (χ0) is 9.97. The monoisotopic (exact) mass is 187 g/mol. The van der Waals surface area contributed by atoms with Gasteiger partial charge in [0, 0.05) is 5.69 Å². The van der Waals surface area contributed by atoms with Crippen molar-refractivity contribution in [1.82, 2.24) is 0 Å². The predicted octanol–water partition coefficient (Wildman–Crippen LogP) is 2.98. The normalized spacial score (nSPS) is 25.0. The Morgan fingerprint density at radius 1 is 1.21 bits per heavy atom. The van der Waals surface area contributed by atoms with Gasteiger partial charge in [-0.05, 0) is 47.3 Å². The van der Waals surface area contributed by atoms with E-state index in [1.165, 1.54) is 30.4 Å². The molecule has 1 aromatic rings. The van der Waals surface area contributed by atoms with Crippen LogP contribution in [0.3, 0.4) is 0 Å². The average molecular weight is 187 g/mol. The van der Waals surface area contributed by atoms with Crippen LogP contribution in [-0.4, -0.2) is 0 Å². The highest BCUT2D eigenvalue weighted by atomic mass is 14.7. The Morgan fingerprint density at radius 2 is 1.93 bits per heavy atom. The first-order valence-corrected chi connectivity index (χ1v) is 5.45. The smallest absolute Gasteiger partial charge is 0.0355 e. The minimum Gasteiger partial charge on any atom is -0.398 e. The van der Waals surface area contributed by atoms with Gasteiger partial charge in [-0.1, -0.05) is 26.0 Å². The Hall–Kier alpha value is -0.980. The molecule has 0 unspecified atom stereocenters. The lowest BCUT2D eigenvalue weighted by Gasteiger charge is -2.19. The molecule has 0 radical (unpaired) electrons. The maximum Gasteiger partial charge on any atom is 0.0355 e. The second-order valence-corrected chi connectivity index (χ2v) is 5.61. The molecule has 1 spiro atoms. The first-order valence-electron chi connectivity index (χ1n) is 5.45. The van der Waals surface area contributed by atoms with E-state index in [4.69, 9.17) is 5.73 Å². The Kier molecular flexibility index (Phi) is 1.28. The summed E-state index contributed by atoms with van der Waals surface area (Å²) in [5.74, 6) is 0. The number of nitrogens with two attached hydrogens (primary N) is 1. The number of hydrogen-bond donors (Lipinski definition) is 1. The number of hydrogen-bond acceptors (Lipinski definition) is 1. The van der Waals surface area contributed by atoms with Crippen molar-refractivity contribution in [3.63, 3.8) is 0 Å². The van der Waals surface area contributed by atoms with E-state index < -0.39 is 0 Å². The van der Waals surface area contributed by atoms with Crippen molar-refractivity contribution in [3.8, 4) is 0 Å². The van der Waals surface area contributed by atoms with Gasteiger partial charge in [-0.15, -0.1) is 0 Å². The Bertz CT molecular complexity index is 400. The van der Waals surface area contributed by atoms with Gasteiger partial charge in [0.25, 0.3) is 0 Å². The molecule has 1 nitrogen and oxygen atoms in total. The van der Waals surface area contributed by atoms with Gasteiger partial charge in [-0.2, -0.15) is 0 Å². The Morgan fingerprint density at radius 3 is 2.57 bits per heavy atom. The molecule has 1 fully saturated rings. The summed E-state index contributed by atoms with van der Waals surface area (Å²) in [6.07, 6.45) is 3.98. The van der Waals surface area contributed by atoms with Gasteiger partial charge in [0.15, 0.2) is 0 Å². The van der Waals surface area contributed by atoms with Crippen molar-refractivity contribution in [1.29, 1.82) is 0 Å². The Labute approximate surface area is 85.3 Å². The minimum absolute atomic E-state index is 0.335. The maximum atomic E-state index is 6.11. The number of fused-ring (bicyclic) bond motifs is 2. The van der Waals surface area contributed by atoms with Crippen molar-refractivity contribution in [2.45, 2.75) is 43.9 Å². The van der Waals surface area contributed by atoms with Gasteiger partial charge in [0.05, 0.1) is 0 Å². The lowest BCUT2D eigenvalue weighted by Crippen LogP contribution is -2.13. The second-order valence-electron chi connectivity index (χ2n) is 5.61. The lowest BCUT2D eigenvalue weighted by molar-refractivity contribution is 0.466. The van der Waals surface area contributed by atoms with E-state index in [2.05, 4.69) is 32.0 Å². The van der Waals surface area contributed by atoms with E-state index in [0.717, 1.165) is 5.69 Å². The zero-order valence-corrected chi connectivity index (χ0v) is 8.93. The zero-order valence-electron chi connectivity index (χ0n) is 8.93. The summed E-state index contributed by atoms with van der Waals surface area (Å²) in [7, 11) is 0. The van der Waals surface area contributed by atoms with Gasteiger partial charge in [0.1, 0.15) is 0 Å². The van der Waals surface area contributed by atoms with Crippen LogP contribution >= 0.6 is 0 Å². The van der Waals surface area contributed by atoms with Crippen molar-refractivity contribution >= 4 is 5.69 Å². The first-order chi connectivity index (χ1) is 6.55. The van der Waals surface area contributed by atoms with Crippen LogP contribution in [0.25, 0.3) is 0 Å². The lowest BCUT2D eigenvalue weighted by atomic mass is 9.85. The van der Waals surface area contributed by atoms with Crippen LogP contribution in [0.15, 0.2) is 18.2 Å². The molecule has 1 saturated carbocycles. The summed E-state index contributed by atoms with van der Waals surface area (Å²) in [5.41, 5.74) is 10.9. The predicted molar refractivity (Wildman–Crippen MR) is 59.4 cm³/mol. The largest absolute Gasteiger partial charge is 0.398 e. The molecule has 0 heterocycles. The standard InChI is InChI=1S/C13H17N/c1-12(2)8-13(6-7-13)11-9(12)4-3-5-10(11)14/h3-5H,6-8,14H2,1-2H3.